The number of nitrogens with one attached hydrogen (secondary N) is 2. The second kappa shape index (κ2) is 8.96. The standard InChI is InChI=1S/C23H31FN6/c24-19-7-3-5-17(13-19)15-29-10-4-6-18(16-29)22-20(14-26-28-22)21-8-9-25-23(27-21)30-11-1-2-12-30/h3,5,7-9,13,18,20,22,26,28H,1-2,4,6,10-12,14-16H2. The third-order valence-corrected chi connectivity index (χ3v) is 6.80. The van der Waals surface area contributed by atoms with Crippen LogP contribution in [0.5, 0.6) is 0 Å². The number of benzene rings is 1. The van der Waals surface area contributed by atoms with Gasteiger partial charge >= 0.3 is 0 Å². The molecule has 3 aliphatic rings. The van der Waals surface area contributed by atoms with Gasteiger partial charge in [-0.3, -0.25) is 15.8 Å². The first-order valence-electron chi connectivity index (χ1n) is 11.3. The largest absolute Gasteiger partial charge is 0.341 e. The number of hydrogen-bond donors (Lipinski definition) is 2. The van der Waals surface area contributed by atoms with E-state index in [9.17, 15) is 4.39 Å². The molecule has 160 valence electrons. The van der Waals surface area contributed by atoms with Crippen molar-refractivity contribution < 1.29 is 4.39 Å². The summed E-state index contributed by atoms with van der Waals surface area (Å²) in [5, 5.41) is 0. The van der Waals surface area contributed by atoms with Gasteiger partial charge in [-0.2, -0.15) is 0 Å². The van der Waals surface area contributed by atoms with Crippen molar-refractivity contribution in [3.05, 3.63) is 53.6 Å². The summed E-state index contributed by atoms with van der Waals surface area (Å²) in [6, 6.07) is 9.42. The number of rotatable bonds is 5. The van der Waals surface area contributed by atoms with E-state index in [0.29, 0.717) is 17.9 Å². The molecule has 0 spiro atoms. The molecule has 2 aromatic rings. The van der Waals surface area contributed by atoms with Crippen LogP contribution < -0.4 is 15.8 Å². The first-order valence-corrected chi connectivity index (χ1v) is 11.3. The molecule has 1 aromatic heterocycles. The van der Waals surface area contributed by atoms with Crippen molar-refractivity contribution in [2.24, 2.45) is 5.92 Å². The zero-order chi connectivity index (χ0) is 20.3. The lowest BCUT2D eigenvalue weighted by Gasteiger charge is -2.37. The topological polar surface area (TPSA) is 56.3 Å². The van der Waals surface area contributed by atoms with Gasteiger partial charge in [0, 0.05) is 50.9 Å². The summed E-state index contributed by atoms with van der Waals surface area (Å²) in [5.41, 5.74) is 9.12. The molecule has 3 aliphatic heterocycles. The van der Waals surface area contributed by atoms with Gasteiger partial charge in [0.25, 0.3) is 0 Å². The molecule has 6 nitrogen and oxygen atoms in total. The molecule has 3 fully saturated rings. The highest BCUT2D eigenvalue weighted by Crippen LogP contribution is 2.32. The van der Waals surface area contributed by atoms with Gasteiger partial charge in [0.05, 0.1) is 5.69 Å². The fourth-order valence-corrected chi connectivity index (χ4v) is 5.31. The summed E-state index contributed by atoms with van der Waals surface area (Å²) in [6.45, 7) is 5.92. The Morgan fingerprint density at radius 2 is 2.00 bits per heavy atom. The minimum Gasteiger partial charge on any atom is -0.341 e. The van der Waals surface area contributed by atoms with E-state index in [-0.39, 0.29) is 5.82 Å². The van der Waals surface area contributed by atoms with Gasteiger partial charge in [-0.1, -0.05) is 12.1 Å². The zero-order valence-corrected chi connectivity index (χ0v) is 17.4. The summed E-state index contributed by atoms with van der Waals surface area (Å²) in [6.07, 6.45) is 6.76. The molecule has 3 saturated heterocycles. The molecular formula is C23H31FN6. The van der Waals surface area contributed by atoms with Gasteiger partial charge in [0.2, 0.25) is 5.95 Å². The molecule has 30 heavy (non-hydrogen) atoms. The molecule has 0 aliphatic carbocycles. The van der Waals surface area contributed by atoms with Gasteiger partial charge in [-0.15, -0.1) is 0 Å². The lowest BCUT2D eigenvalue weighted by molar-refractivity contribution is 0.139. The third-order valence-electron chi connectivity index (χ3n) is 6.80. The van der Waals surface area contributed by atoms with Gasteiger partial charge in [0.15, 0.2) is 0 Å². The van der Waals surface area contributed by atoms with E-state index < -0.39 is 0 Å². The molecule has 0 radical (unpaired) electrons. The fraction of sp³-hybridized carbons (Fsp3) is 0.565. The quantitative estimate of drug-likeness (QED) is 0.791. The van der Waals surface area contributed by atoms with Crippen molar-refractivity contribution in [3.8, 4) is 0 Å². The molecular weight excluding hydrogens is 379 g/mol. The van der Waals surface area contributed by atoms with Crippen LogP contribution in [0.2, 0.25) is 0 Å². The second-order valence-electron chi connectivity index (χ2n) is 8.90. The highest BCUT2D eigenvalue weighted by Gasteiger charge is 2.37. The Kier molecular flexibility index (Phi) is 5.93. The Bertz CT molecular complexity index is 855. The van der Waals surface area contributed by atoms with E-state index in [0.717, 1.165) is 56.5 Å². The van der Waals surface area contributed by atoms with E-state index in [1.807, 2.05) is 12.3 Å². The van der Waals surface area contributed by atoms with Crippen LogP contribution in [-0.2, 0) is 6.54 Å². The van der Waals surface area contributed by atoms with Crippen LogP contribution >= 0.6 is 0 Å². The van der Waals surface area contributed by atoms with Crippen molar-refractivity contribution in [3.63, 3.8) is 0 Å². The van der Waals surface area contributed by atoms with Crippen LogP contribution in [0.1, 0.15) is 42.9 Å². The number of anilines is 1. The number of likely N-dealkylation sites (tertiary alicyclic amines) is 1. The van der Waals surface area contributed by atoms with Crippen LogP contribution in [0, 0.1) is 11.7 Å². The lowest BCUT2D eigenvalue weighted by Crippen LogP contribution is -2.46. The monoisotopic (exact) mass is 410 g/mol. The molecule has 1 aromatic carbocycles. The lowest BCUT2D eigenvalue weighted by atomic mass is 9.82. The van der Waals surface area contributed by atoms with Crippen LogP contribution in [0.15, 0.2) is 36.5 Å². The summed E-state index contributed by atoms with van der Waals surface area (Å²) >= 11 is 0. The maximum absolute atomic E-state index is 13.6. The van der Waals surface area contributed by atoms with Gasteiger partial charge in [0.1, 0.15) is 5.82 Å². The van der Waals surface area contributed by atoms with Crippen molar-refractivity contribution in [2.75, 3.05) is 37.6 Å². The van der Waals surface area contributed by atoms with E-state index in [1.165, 1.54) is 31.7 Å². The smallest absolute Gasteiger partial charge is 0.225 e. The van der Waals surface area contributed by atoms with Crippen LogP contribution in [0.3, 0.4) is 0 Å². The van der Waals surface area contributed by atoms with Crippen molar-refractivity contribution >= 4 is 5.95 Å². The average molecular weight is 411 g/mol. The predicted octanol–water partition coefficient (Wildman–Crippen LogP) is 2.69. The molecule has 3 atom stereocenters. The Labute approximate surface area is 177 Å². The minimum absolute atomic E-state index is 0.152. The van der Waals surface area contributed by atoms with E-state index in [2.05, 4.69) is 31.7 Å². The van der Waals surface area contributed by atoms with Gasteiger partial charge < -0.3 is 4.90 Å². The van der Waals surface area contributed by atoms with Gasteiger partial charge in [-0.05, 0) is 61.9 Å². The highest BCUT2D eigenvalue weighted by molar-refractivity contribution is 5.33. The minimum atomic E-state index is -0.152. The number of hydrogen-bond acceptors (Lipinski definition) is 6. The third kappa shape index (κ3) is 4.33. The maximum atomic E-state index is 13.6. The Morgan fingerprint density at radius 3 is 2.87 bits per heavy atom. The Hall–Kier alpha value is -2.09. The van der Waals surface area contributed by atoms with Crippen molar-refractivity contribution in [1.29, 1.82) is 0 Å². The molecule has 2 N–H and O–H groups in total. The fourth-order valence-electron chi connectivity index (χ4n) is 5.31. The average Bonchev–Trinajstić information content (AvgIpc) is 3.47. The first kappa shape index (κ1) is 19.8. The summed E-state index contributed by atoms with van der Waals surface area (Å²) in [5.74, 6) is 1.61. The first-order chi connectivity index (χ1) is 14.8. The SMILES string of the molecule is Fc1cccc(CN2CCCC(C3NNCC3c3ccnc(N4CCCC4)n3)C2)c1. The molecule has 7 heteroatoms. The van der Waals surface area contributed by atoms with E-state index >= 15 is 0 Å². The summed E-state index contributed by atoms with van der Waals surface area (Å²) < 4.78 is 13.6. The Balaban J connectivity index is 1.28. The number of hydrazine groups is 1. The molecule has 0 bridgehead atoms. The molecule has 3 unspecified atom stereocenters. The number of nitrogens with zero attached hydrogens (tertiary/aromatic N) is 4. The number of piperidine rings is 1. The number of halogens is 1. The maximum Gasteiger partial charge on any atom is 0.225 e. The van der Waals surface area contributed by atoms with Crippen LogP contribution in [-0.4, -0.2) is 53.6 Å². The van der Waals surface area contributed by atoms with E-state index in [1.54, 1.807) is 12.1 Å². The Morgan fingerprint density at radius 1 is 1.10 bits per heavy atom. The normalized spacial score (nSPS) is 27.6. The highest BCUT2D eigenvalue weighted by atomic mass is 19.1. The molecule has 5 rings (SSSR count). The van der Waals surface area contributed by atoms with Crippen molar-refractivity contribution in [1.82, 2.24) is 25.7 Å². The molecule has 0 saturated carbocycles. The van der Waals surface area contributed by atoms with Crippen LogP contribution in [0.4, 0.5) is 10.3 Å². The zero-order valence-electron chi connectivity index (χ0n) is 17.4. The molecule has 0 amide bonds. The van der Waals surface area contributed by atoms with Crippen LogP contribution in [0.25, 0.3) is 0 Å². The van der Waals surface area contributed by atoms with Crippen molar-refractivity contribution in [2.45, 2.75) is 44.2 Å². The summed E-state index contributed by atoms with van der Waals surface area (Å²) in [7, 11) is 0. The second-order valence-corrected chi connectivity index (χ2v) is 8.90. The van der Waals surface area contributed by atoms with E-state index in [4.69, 9.17) is 4.98 Å². The van der Waals surface area contributed by atoms with Gasteiger partial charge in [-0.25, -0.2) is 14.4 Å². The predicted molar refractivity (Wildman–Crippen MR) is 116 cm³/mol. The molecule has 4 heterocycles. The summed E-state index contributed by atoms with van der Waals surface area (Å²) in [4.78, 5) is 14.3. The number of aromatic nitrogens is 2.